The zero-order valence-corrected chi connectivity index (χ0v) is 23.9. The number of H-pyrrole nitrogens is 1. The second-order valence-corrected chi connectivity index (χ2v) is 12.7. The Morgan fingerprint density at radius 2 is 1.70 bits per heavy atom. The number of aromatic nitrogens is 3. The number of aliphatic carboxylic acids is 1. The van der Waals surface area contributed by atoms with Crippen molar-refractivity contribution in [2.75, 3.05) is 14.2 Å². The normalized spacial score (nSPS) is 12.7. The number of aryl methyl sites for hydroxylation is 1. The molecule has 0 saturated carbocycles. The maximum Gasteiger partial charge on any atom is 0.344 e. The molecule has 14 heteroatoms. The molecule has 4 aromatic rings. The van der Waals surface area contributed by atoms with Crippen molar-refractivity contribution in [2.24, 2.45) is 0 Å². The largest absolute Gasteiger partial charge is 0.496 e. The molecule has 12 nitrogen and oxygen atoms in total. The summed E-state index contributed by atoms with van der Waals surface area (Å²) in [5.74, 6) is -1.02. The number of carboxylic acid groups (broad SMARTS) is 1. The van der Waals surface area contributed by atoms with Gasteiger partial charge < -0.3 is 24.3 Å². The number of imidazole rings is 1. The monoisotopic (exact) mass is 589 g/mol. The van der Waals surface area contributed by atoms with Gasteiger partial charge >= 0.3 is 5.97 Å². The Morgan fingerprint density at radius 3 is 2.30 bits per heavy atom. The van der Waals surface area contributed by atoms with Gasteiger partial charge in [0.25, 0.3) is 0 Å². The zero-order valence-electron chi connectivity index (χ0n) is 22.3. The first-order chi connectivity index (χ1) is 18.8. The van der Waals surface area contributed by atoms with E-state index in [9.17, 15) is 21.6 Å². The topological polar surface area (TPSA) is 175 Å². The fourth-order valence-corrected chi connectivity index (χ4v) is 6.97. The van der Waals surface area contributed by atoms with Crippen LogP contribution in [0.4, 0.5) is 0 Å². The molecule has 1 atom stereocenters. The number of carboxylic acids is 1. The third-order valence-electron chi connectivity index (χ3n) is 6.21. The van der Waals surface area contributed by atoms with E-state index in [0.29, 0.717) is 11.3 Å². The summed E-state index contributed by atoms with van der Waals surface area (Å²) in [6, 6.07) is 8.00. The third kappa shape index (κ3) is 5.31. The van der Waals surface area contributed by atoms with Crippen molar-refractivity contribution in [3.8, 4) is 17.2 Å². The average molecular weight is 590 g/mol. The number of hydrogen-bond acceptors (Lipinski definition) is 10. The molecule has 2 aromatic heterocycles. The molecular formula is C26H27N3O9S2. The minimum absolute atomic E-state index is 0.0271. The predicted molar refractivity (Wildman–Crippen MR) is 143 cm³/mol. The lowest BCUT2D eigenvalue weighted by Crippen LogP contribution is -2.22. The van der Waals surface area contributed by atoms with Crippen LogP contribution in [0, 0.1) is 13.8 Å². The molecule has 0 amide bonds. The van der Waals surface area contributed by atoms with Crippen LogP contribution in [-0.4, -0.2) is 63.2 Å². The summed E-state index contributed by atoms with van der Waals surface area (Å²) in [5.41, 5.74) is 1.64. The van der Waals surface area contributed by atoms with E-state index in [1.54, 1.807) is 13.8 Å². The summed E-state index contributed by atoms with van der Waals surface area (Å²) in [4.78, 5) is 21.7. The van der Waals surface area contributed by atoms with Crippen LogP contribution < -0.4 is 14.2 Å². The van der Waals surface area contributed by atoms with Gasteiger partial charge in [0.1, 0.15) is 27.9 Å². The van der Waals surface area contributed by atoms with Crippen LogP contribution in [0.3, 0.4) is 0 Å². The van der Waals surface area contributed by atoms with Gasteiger partial charge in [0.2, 0.25) is 24.8 Å². The first-order valence-electron chi connectivity index (χ1n) is 11.8. The van der Waals surface area contributed by atoms with Crippen LogP contribution in [0.2, 0.25) is 0 Å². The number of fused-ring (bicyclic) bond motifs is 1. The van der Waals surface area contributed by atoms with E-state index < -0.39 is 42.7 Å². The van der Waals surface area contributed by atoms with Gasteiger partial charge in [0.15, 0.2) is 6.10 Å². The summed E-state index contributed by atoms with van der Waals surface area (Å²) in [7, 11) is -5.59. The van der Waals surface area contributed by atoms with Crippen molar-refractivity contribution < 1.29 is 40.9 Å². The van der Waals surface area contributed by atoms with Gasteiger partial charge in [-0.05, 0) is 57.2 Å². The van der Waals surface area contributed by atoms with Crippen LogP contribution in [0.1, 0.15) is 23.7 Å². The third-order valence-corrected chi connectivity index (χ3v) is 9.48. The molecule has 4 rings (SSSR count). The van der Waals surface area contributed by atoms with E-state index in [-0.39, 0.29) is 38.0 Å². The number of pyridine rings is 1. The molecule has 0 spiro atoms. The minimum atomic E-state index is -4.27. The first-order valence-corrected chi connectivity index (χ1v) is 15.0. The number of rotatable bonds is 10. The van der Waals surface area contributed by atoms with Gasteiger partial charge in [-0.3, -0.25) is 4.98 Å². The Hall–Kier alpha value is -4.17. The molecule has 0 fully saturated rings. The van der Waals surface area contributed by atoms with Gasteiger partial charge in [0.05, 0.1) is 35.8 Å². The first kappa shape index (κ1) is 28.8. The number of benzene rings is 2. The quantitative estimate of drug-likeness (QED) is 0.278. The van der Waals surface area contributed by atoms with Crippen LogP contribution in [0.25, 0.3) is 11.0 Å². The molecule has 0 aliphatic rings. The summed E-state index contributed by atoms with van der Waals surface area (Å²) in [6.45, 7) is 4.84. The van der Waals surface area contributed by atoms with Gasteiger partial charge in [-0.1, -0.05) is 0 Å². The Bertz CT molecular complexity index is 1810. The Labute approximate surface area is 230 Å². The number of nitrogens with one attached hydrogen (secondary N) is 1. The molecule has 2 heterocycles. The number of ether oxygens (including phenoxy) is 3. The molecule has 0 bridgehead atoms. The van der Waals surface area contributed by atoms with Gasteiger partial charge in [-0.15, -0.1) is 0 Å². The molecular weight excluding hydrogens is 562 g/mol. The molecule has 0 saturated heterocycles. The molecule has 2 aromatic carbocycles. The number of sulfone groups is 2. The van der Waals surface area contributed by atoms with Crippen LogP contribution >= 0.6 is 0 Å². The molecule has 0 radical (unpaired) electrons. The maximum atomic E-state index is 13.7. The Morgan fingerprint density at radius 1 is 1.02 bits per heavy atom. The van der Waals surface area contributed by atoms with Crippen molar-refractivity contribution in [1.29, 1.82) is 0 Å². The van der Waals surface area contributed by atoms with E-state index in [0.717, 1.165) is 5.56 Å². The fraction of sp³-hybridized carbons (Fsp3) is 0.269. The van der Waals surface area contributed by atoms with Crippen LogP contribution in [0.5, 0.6) is 17.2 Å². The predicted octanol–water partition coefficient (Wildman–Crippen LogP) is 3.25. The van der Waals surface area contributed by atoms with E-state index in [1.165, 1.54) is 63.7 Å². The molecule has 40 heavy (non-hydrogen) atoms. The van der Waals surface area contributed by atoms with Crippen LogP contribution in [0.15, 0.2) is 57.5 Å². The summed E-state index contributed by atoms with van der Waals surface area (Å²) in [6.07, 6.45) is 0.380. The molecule has 0 aliphatic heterocycles. The Kier molecular flexibility index (Phi) is 7.76. The van der Waals surface area contributed by atoms with Crippen LogP contribution in [-0.2, 0) is 30.2 Å². The van der Waals surface area contributed by atoms with Gasteiger partial charge in [-0.25, -0.2) is 26.6 Å². The fourth-order valence-electron chi connectivity index (χ4n) is 4.12. The second kappa shape index (κ2) is 10.8. The van der Waals surface area contributed by atoms with E-state index in [2.05, 4.69) is 15.0 Å². The zero-order chi connectivity index (χ0) is 29.4. The molecule has 0 aliphatic carbocycles. The van der Waals surface area contributed by atoms with E-state index >= 15 is 0 Å². The highest BCUT2D eigenvalue weighted by Crippen LogP contribution is 2.36. The van der Waals surface area contributed by atoms with Gasteiger partial charge in [-0.2, -0.15) is 0 Å². The highest BCUT2D eigenvalue weighted by atomic mass is 32.2. The average Bonchev–Trinajstić information content (AvgIpc) is 3.35. The molecule has 212 valence electrons. The highest BCUT2D eigenvalue weighted by Gasteiger charge is 2.30. The summed E-state index contributed by atoms with van der Waals surface area (Å²) in [5, 5.41) is 8.60. The SMILES string of the molecule is COc1ccc2nc(S(=O)(=O)Cc3ncc(C)c(OC)c3C)[nH]c2c1S(=O)(=O)c1ccc(OC(C)C(=O)O)cc1. The highest BCUT2D eigenvalue weighted by molar-refractivity contribution is 7.92. The lowest BCUT2D eigenvalue weighted by atomic mass is 10.1. The number of nitrogens with zero attached hydrogens (tertiary/aromatic N) is 2. The number of methoxy groups -OCH3 is 2. The lowest BCUT2D eigenvalue weighted by Gasteiger charge is -2.13. The molecule has 1 unspecified atom stereocenters. The number of carbonyl (C=O) groups is 1. The van der Waals surface area contributed by atoms with Crippen molar-refractivity contribution in [2.45, 2.75) is 47.6 Å². The molecule has 2 N–H and O–H groups in total. The van der Waals surface area contributed by atoms with E-state index in [1.807, 2.05) is 0 Å². The van der Waals surface area contributed by atoms with Crippen molar-refractivity contribution in [1.82, 2.24) is 15.0 Å². The second-order valence-electron chi connectivity index (χ2n) is 8.91. The van der Waals surface area contributed by atoms with Crippen molar-refractivity contribution in [3.63, 3.8) is 0 Å². The van der Waals surface area contributed by atoms with Gasteiger partial charge in [0, 0.05) is 17.3 Å². The lowest BCUT2D eigenvalue weighted by molar-refractivity contribution is -0.144. The standard InChI is InChI=1S/C26H27N3O9S2/c1-14-12-27-20(15(2)23(14)37-5)13-39(32,33)26-28-19-10-11-21(36-4)24(22(19)29-26)40(34,35)18-8-6-17(7-9-18)38-16(3)25(30)31/h6-12,16H,13H2,1-5H3,(H,28,29)(H,30,31). The van der Waals surface area contributed by atoms with E-state index in [4.69, 9.17) is 19.3 Å². The number of aromatic amines is 1. The maximum absolute atomic E-state index is 13.7. The van der Waals surface area contributed by atoms with Crippen molar-refractivity contribution in [3.05, 3.63) is 59.4 Å². The smallest absolute Gasteiger partial charge is 0.344 e. The Balaban J connectivity index is 1.77. The minimum Gasteiger partial charge on any atom is -0.496 e. The summed E-state index contributed by atoms with van der Waals surface area (Å²) < 4.78 is 70.1. The summed E-state index contributed by atoms with van der Waals surface area (Å²) >= 11 is 0. The van der Waals surface area contributed by atoms with Crippen molar-refractivity contribution >= 4 is 36.7 Å². The number of hydrogen-bond donors (Lipinski definition) is 2.